The Morgan fingerprint density at radius 3 is 3.00 bits per heavy atom. The van der Waals surface area contributed by atoms with E-state index in [1.165, 1.54) is 6.07 Å². The Hall–Kier alpha value is -1.75. The Morgan fingerprint density at radius 1 is 1.57 bits per heavy atom. The molecule has 5 heteroatoms. The molecule has 0 saturated heterocycles. The summed E-state index contributed by atoms with van der Waals surface area (Å²) in [6.45, 7) is 0.353. The minimum atomic E-state index is -0.381. The van der Waals surface area contributed by atoms with Crippen molar-refractivity contribution in [2.75, 3.05) is 6.54 Å². The predicted molar refractivity (Wildman–Crippen MR) is 52.9 cm³/mol. The van der Waals surface area contributed by atoms with Crippen LogP contribution in [0.5, 0.6) is 0 Å². The number of hydrogen-bond donors (Lipinski definition) is 1. The van der Waals surface area contributed by atoms with Gasteiger partial charge in [-0.25, -0.2) is 0 Å². The first-order valence-corrected chi connectivity index (χ1v) is 4.25. The van der Waals surface area contributed by atoms with E-state index in [1.54, 1.807) is 12.1 Å². The van der Waals surface area contributed by atoms with Crippen LogP contribution in [-0.2, 0) is 6.42 Å². The first-order chi connectivity index (χ1) is 6.72. The highest BCUT2D eigenvalue weighted by molar-refractivity contribution is 5.96. The Bertz CT molecular complexity index is 426. The summed E-state index contributed by atoms with van der Waals surface area (Å²) in [5, 5.41) is 10.7. The second kappa shape index (κ2) is 3.19. The highest BCUT2D eigenvalue weighted by Gasteiger charge is 2.22. The maximum Gasteiger partial charge on any atom is 0.275 e. The standard InChI is InChI=1S/C9H9N3O2/c10-5-6-4-7-8(11-6)2-1-3-9(7)12(13)14/h1-3H,4-5,10H2. The van der Waals surface area contributed by atoms with Crippen molar-refractivity contribution in [1.29, 1.82) is 0 Å². The minimum Gasteiger partial charge on any atom is -0.325 e. The average Bonchev–Trinajstić information content (AvgIpc) is 2.59. The summed E-state index contributed by atoms with van der Waals surface area (Å²) < 4.78 is 0. The number of nitrogens with zero attached hydrogens (tertiary/aromatic N) is 2. The maximum atomic E-state index is 10.7. The van der Waals surface area contributed by atoms with Gasteiger partial charge in [0, 0.05) is 24.7 Å². The van der Waals surface area contributed by atoms with Crippen LogP contribution in [0, 0.1) is 10.1 Å². The lowest BCUT2D eigenvalue weighted by atomic mass is 10.1. The Labute approximate surface area is 80.4 Å². The van der Waals surface area contributed by atoms with Crippen LogP contribution in [0.1, 0.15) is 5.56 Å². The quantitative estimate of drug-likeness (QED) is 0.563. The van der Waals surface area contributed by atoms with Crippen LogP contribution in [0.25, 0.3) is 0 Å². The molecule has 0 aliphatic carbocycles. The van der Waals surface area contributed by atoms with Gasteiger partial charge in [-0.1, -0.05) is 6.07 Å². The lowest BCUT2D eigenvalue weighted by Crippen LogP contribution is -2.13. The first kappa shape index (κ1) is 8.83. The smallest absolute Gasteiger partial charge is 0.275 e. The molecule has 5 nitrogen and oxygen atoms in total. The molecule has 0 radical (unpaired) electrons. The Balaban J connectivity index is 2.48. The van der Waals surface area contributed by atoms with Crippen molar-refractivity contribution in [3.8, 4) is 0 Å². The van der Waals surface area contributed by atoms with Gasteiger partial charge in [0.2, 0.25) is 0 Å². The van der Waals surface area contributed by atoms with E-state index in [0.717, 1.165) is 5.71 Å². The Kier molecular flexibility index (Phi) is 2.01. The second-order valence-electron chi connectivity index (χ2n) is 3.09. The van der Waals surface area contributed by atoms with E-state index >= 15 is 0 Å². The zero-order valence-electron chi connectivity index (χ0n) is 7.43. The summed E-state index contributed by atoms with van der Waals surface area (Å²) in [6.07, 6.45) is 0.503. The zero-order valence-corrected chi connectivity index (χ0v) is 7.43. The van der Waals surface area contributed by atoms with E-state index in [9.17, 15) is 10.1 Å². The van der Waals surface area contributed by atoms with Crippen LogP contribution < -0.4 is 5.73 Å². The summed E-state index contributed by atoms with van der Waals surface area (Å²) in [5.41, 5.74) is 7.73. The van der Waals surface area contributed by atoms with Crippen molar-refractivity contribution < 1.29 is 4.92 Å². The van der Waals surface area contributed by atoms with Crippen molar-refractivity contribution in [2.24, 2.45) is 10.7 Å². The van der Waals surface area contributed by atoms with Crippen molar-refractivity contribution in [3.63, 3.8) is 0 Å². The molecule has 1 heterocycles. The van der Waals surface area contributed by atoms with Crippen LogP contribution in [0.2, 0.25) is 0 Å². The van der Waals surface area contributed by atoms with Gasteiger partial charge in [-0.3, -0.25) is 15.1 Å². The van der Waals surface area contributed by atoms with Gasteiger partial charge in [0.15, 0.2) is 0 Å². The number of nitro groups is 1. The second-order valence-corrected chi connectivity index (χ2v) is 3.09. The predicted octanol–water partition coefficient (Wildman–Crippen LogP) is 1.18. The third-order valence-corrected chi connectivity index (χ3v) is 2.22. The maximum absolute atomic E-state index is 10.7. The summed E-state index contributed by atoms with van der Waals surface area (Å²) in [6, 6.07) is 4.90. The summed E-state index contributed by atoms with van der Waals surface area (Å²) >= 11 is 0. The molecule has 0 fully saturated rings. The molecule has 0 amide bonds. The van der Waals surface area contributed by atoms with Crippen molar-refractivity contribution >= 4 is 17.1 Å². The van der Waals surface area contributed by atoms with Gasteiger partial charge in [-0.2, -0.15) is 0 Å². The molecule has 0 bridgehead atoms. The van der Waals surface area contributed by atoms with E-state index in [1.807, 2.05) is 0 Å². The summed E-state index contributed by atoms with van der Waals surface area (Å²) in [5.74, 6) is 0. The monoisotopic (exact) mass is 191 g/mol. The summed E-state index contributed by atoms with van der Waals surface area (Å²) in [4.78, 5) is 14.5. The molecule has 0 spiro atoms. The number of nitro benzene ring substituents is 1. The van der Waals surface area contributed by atoms with Crippen molar-refractivity contribution in [3.05, 3.63) is 33.9 Å². The SMILES string of the molecule is NCC1=Nc2cccc([N+](=O)[O-])c2C1. The molecule has 1 aromatic rings. The van der Waals surface area contributed by atoms with E-state index in [-0.39, 0.29) is 10.6 Å². The molecule has 1 aliphatic rings. The molecule has 0 unspecified atom stereocenters. The van der Waals surface area contributed by atoms with Gasteiger partial charge in [0.1, 0.15) is 0 Å². The van der Waals surface area contributed by atoms with E-state index < -0.39 is 0 Å². The van der Waals surface area contributed by atoms with Crippen LogP contribution in [0.15, 0.2) is 23.2 Å². The highest BCUT2D eigenvalue weighted by atomic mass is 16.6. The van der Waals surface area contributed by atoms with Crippen LogP contribution in [0.4, 0.5) is 11.4 Å². The molecule has 2 N–H and O–H groups in total. The summed E-state index contributed by atoms with van der Waals surface area (Å²) in [7, 11) is 0. The number of rotatable bonds is 2. The van der Waals surface area contributed by atoms with Crippen LogP contribution >= 0.6 is 0 Å². The van der Waals surface area contributed by atoms with Gasteiger partial charge >= 0.3 is 0 Å². The Morgan fingerprint density at radius 2 is 2.36 bits per heavy atom. The average molecular weight is 191 g/mol. The van der Waals surface area contributed by atoms with E-state index in [2.05, 4.69) is 4.99 Å². The van der Waals surface area contributed by atoms with Gasteiger partial charge in [0.05, 0.1) is 16.2 Å². The molecular weight excluding hydrogens is 182 g/mol. The largest absolute Gasteiger partial charge is 0.325 e. The fourth-order valence-corrected chi connectivity index (χ4v) is 1.55. The zero-order chi connectivity index (χ0) is 10.1. The van der Waals surface area contributed by atoms with E-state index in [4.69, 9.17) is 5.73 Å². The molecule has 72 valence electrons. The van der Waals surface area contributed by atoms with Crippen molar-refractivity contribution in [1.82, 2.24) is 0 Å². The lowest BCUT2D eigenvalue weighted by Gasteiger charge is -1.97. The molecule has 1 aromatic carbocycles. The molecule has 1 aliphatic heterocycles. The fraction of sp³-hybridized carbons (Fsp3) is 0.222. The lowest BCUT2D eigenvalue weighted by molar-refractivity contribution is -0.385. The number of benzene rings is 1. The highest BCUT2D eigenvalue weighted by Crippen LogP contribution is 2.33. The third-order valence-electron chi connectivity index (χ3n) is 2.22. The van der Waals surface area contributed by atoms with Crippen molar-refractivity contribution in [2.45, 2.75) is 6.42 Å². The first-order valence-electron chi connectivity index (χ1n) is 4.25. The molecule has 14 heavy (non-hydrogen) atoms. The number of fused-ring (bicyclic) bond motifs is 1. The van der Waals surface area contributed by atoms with E-state index in [0.29, 0.717) is 24.2 Å². The fourth-order valence-electron chi connectivity index (χ4n) is 1.55. The molecule has 2 rings (SSSR count). The molecule has 0 aromatic heterocycles. The van der Waals surface area contributed by atoms with Crippen LogP contribution in [-0.4, -0.2) is 17.2 Å². The number of nitrogens with two attached hydrogens (primary N) is 1. The minimum absolute atomic E-state index is 0.134. The normalized spacial score (nSPS) is 13.6. The van der Waals surface area contributed by atoms with Gasteiger partial charge in [0.25, 0.3) is 5.69 Å². The molecule has 0 atom stereocenters. The topological polar surface area (TPSA) is 81.5 Å². The molecular formula is C9H9N3O2. The number of aliphatic imine (C=N–C) groups is 1. The van der Waals surface area contributed by atoms with Crippen LogP contribution in [0.3, 0.4) is 0 Å². The third kappa shape index (κ3) is 1.27. The molecule has 0 saturated carbocycles. The van der Waals surface area contributed by atoms with Gasteiger partial charge in [-0.05, 0) is 6.07 Å². The van der Waals surface area contributed by atoms with Gasteiger partial charge < -0.3 is 5.73 Å². The van der Waals surface area contributed by atoms with Gasteiger partial charge in [-0.15, -0.1) is 0 Å². The number of hydrogen-bond acceptors (Lipinski definition) is 4.